The summed E-state index contributed by atoms with van der Waals surface area (Å²) >= 11 is 1.89. The lowest BCUT2D eigenvalue weighted by atomic mass is 9.49. The van der Waals surface area contributed by atoms with E-state index in [2.05, 4.69) is 41.7 Å². The van der Waals surface area contributed by atoms with Crippen molar-refractivity contribution in [3.63, 3.8) is 0 Å². The minimum Gasteiger partial charge on any atom is -0.370 e. The molecule has 2 aromatic rings. The maximum absolute atomic E-state index is 13.2. The number of amides is 1. The van der Waals surface area contributed by atoms with Crippen LogP contribution in [-0.2, 0) is 4.79 Å². The molecule has 4 bridgehead atoms. The summed E-state index contributed by atoms with van der Waals surface area (Å²) in [6, 6.07) is 10.1. The summed E-state index contributed by atoms with van der Waals surface area (Å²) in [5.41, 5.74) is 2.06. The van der Waals surface area contributed by atoms with Crippen LogP contribution in [0.3, 0.4) is 0 Å². The zero-order chi connectivity index (χ0) is 24.3. The molecule has 3 N–H and O–H groups in total. The number of fused-ring (bicyclic) bond motifs is 1. The third kappa shape index (κ3) is 6.14. The number of nitrogens with one attached hydrogen (secondary N) is 3. The summed E-state index contributed by atoms with van der Waals surface area (Å²) in [6.07, 6.45) is 13.0. The third-order valence-corrected chi connectivity index (χ3v) is 9.50. The van der Waals surface area contributed by atoms with Crippen LogP contribution in [0.4, 0.5) is 11.5 Å². The van der Waals surface area contributed by atoms with Crippen LogP contribution in [0.15, 0.2) is 30.3 Å². The molecule has 0 aliphatic heterocycles. The van der Waals surface area contributed by atoms with E-state index in [4.69, 9.17) is 4.98 Å². The topological polar surface area (TPSA) is 66.0 Å². The third-order valence-electron chi connectivity index (χ3n) is 8.51. The van der Waals surface area contributed by atoms with Crippen LogP contribution in [0, 0.1) is 29.7 Å². The van der Waals surface area contributed by atoms with E-state index in [1.807, 2.05) is 36.0 Å². The summed E-state index contributed by atoms with van der Waals surface area (Å²) in [5, 5.41) is 11.8. The first kappa shape index (κ1) is 24.9. The summed E-state index contributed by atoms with van der Waals surface area (Å²) in [5.74, 6) is 3.69. The molecule has 1 unspecified atom stereocenters. The highest BCUT2D eigenvalue weighted by Gasteiger charge is 2.51. The van der Waals surface area contributed by atoms with E-state index in [1.165, 1.54) is 38.5 Å². The number of rotatable bonds is 12. The number of carbonyl (C=O) groups is 1. The van der Waals surface area contributed by atoms with Crippen molar-refractivity contribution in [2.75, 3.05) is 30.0 Å². The molecule has 1 aromatic carbocycles. The van der Waals surface area contributed by atoms with E-state index < -0.39 is 0 Å². The Hall–Kier alpha value is -1.79. The summed E-state index contributed by atoms with van der Waals surface area (Å²) < 4.78 is 0. The van der Waals surface area contributed by atoms with E-state index in [0.29, 0.717) is 11.7 Å². The second kappa shape index (κ2) is 11.1. The van der Waals surface area contributed by atoms with Crippen molar-refractivity contribution in [1.29, 1.82) is 0 Å². The number of pyridine rings is 1. The molecule has 1 atom stereocenters. The van der Waals surface area contributed by atoms with Gasteiger partial charge in [0.2, 0.25) is 5.91 Å². The fraction of sp³-hybridized carbons (Fsp3) is 0.621. The number of carbonyl (C=O) groups excluding carboxylic acids is 1. The number of nitrogens with zero attached hydrogens (tertiary/aromatic N) is 1. The molecule has 1 radical (unpaired) electrons. The highest BCUT2D eigenvalue weighted by Crippen LogP contribution is 2.61. The number of hydrogen-bond donors (Lipinski definition) is 3. The van der Waals surface area contributed by atoms with Gasteiger partial charge in [-0.1, -0.05) is 13.0 Å². The molecule has 1 amide bonds. The Labute approximate surface area is 215 Å². The average molecular weight is 494 g/mol. The van der Waals surface area contributed by atoms with Crippen molar-refractivity contribution >= 4 is 40.1 Å². The van der Waals surface area contributed by atoms with Crippen molar-refractivity contribution in [3.8, 4) is 0 Å². The monoisotopic (exact) mass is 493 g/mol. The Morgan fingerprint density at radius 1 is 1.11 bits per heavy atom. The number of benzene rings is 1. The predicted octanol–water partition coefficient (Wildman–Crippen LogP) is 6.47. The van der Waals surface area contributed by atoms with Crippen LogP contribution < -0.4 is 16.0 Å². The Morgan fingerprint density at radius 2 is 1.86 bits per heavy atom. The van der Waals surface area contributed by atoms with E-state index in [0.717, 1.165) is 66.1 Å². The average Bonchev–Trinajstić information content (AvgIpc) is 2.82. The first-order valence-corrected chi connectivity index (χ1v) is 14.8. The van der Waals surface area contributed by atoms with Crippen LogP contribution in [0.5, 0.6) is 0 Å². The zero-order valence-corrected chi connectivity index (χ0v) is 22.1. The smallest absolute Gasteiger partial charge is 0.224 e. The molecule has 6 rings (SSSR count). The maximum atomic E-state index is 13.2. The van der Waals surface area contributed by atoms with Gasteiger partial charge < -0.3 is 16.0 Å². The van der Waals surface area contributed by atoms with E-state index >= 15 is 0 Å². The molecule has 4 aliphatic rings. The largest absolute Gasteiger partial charge is 0.370 e. The minimum atomic E-state index is 0.179. The molecule has 1 heterocycles. The molecule has 4 fully saturated rings. The summed E-state index contributed by atoms with van der Waals surface area (Å²) in [7, 11) is 0. The lowest BCUT2D eigenvalue weighted by Gasteiger charge is -2.56. The number of thioether (sulfide) groups is 1. The van der Waals surface area contributed by atoms with Gasteiger partial charge in [-0.15, -0.1) is 0 Å². The molecule has 0 spiro atoms. The summed E-state index contributed by atoms with van der Waals surface area (Å²) in [6.45, 7) is 6.25. The van der Waals surface area contributed by atoms with Crippen LogP contribution in [-0.4, -0.2) is 35.5 Å². The Balaban J connectivity index is 1.13. The zero-order valence-electron chi connectivity index (χ0n) is 21.3. The Morgan fingerprint density at radius 3 is 2.57 bits per heavy atom. The fourth-order valence-electron chi connectivity index (χ4n) is 7.26. The van der Waals surface area contributed by atoms with Crippen molar-refractivity contribution in [1.82, 2.24) is 10.3 Å². The molecular formula is C29H41N4OS. The second-order valence-electron chi connectivity index (χ2n) is 11.4. The summed E-state index contributed by atoms with van der Waals surface area (Å²) in [4.78, 5) is 18.0. The maximum Gasteiger partial charge on any atom is 0.224 e. The number of aromatic nitrogens is 1. The Bertz CT molecular complexity index is 990. The van der Waals surface area contributed by atoms with Gasteiger partial charge >= 0.3 is 0 Å². The van der Waals surface area contributed by atoms with Crippen LogP contribution in [0.1, 0.15) is 64.7 Å². The van der Waals surface area contributed by atoms with Gasteiger partial charge in [0.1, 0.15) is 5.82 Å². The highest BCUT2D eigenvalue weighted by atomic mass is 32.2. The number of hydrogen-bond acceptors (Lipinski definition) is 5. The first-order chi connectivity index (χ1) is 17.0. The molecule has 6 heteroatoms. The first-order valence-electron chi connectivity index (χ1n) is 13.5. The van der Waals surface area contributed by atoms with E-state index in [9.17, 15) is 4.79 Å². The SMILES string of the molecule is CSC(C)C[CH]NCCCNc1ccc2c(NC(=O)CC34CC5CC(CC(C5)C3)C4)cccc2n1. The van der Waals surface area contributed by atoms with Crippen molar-refractivity contribution in [3.05, 3.63) is 36.9 Å². The van der Waals surface area contributed by atoms with Crippen molar-refractivity contribution in [2.24, 2.45) is 23.2 Å². The quantitative estimate of drug-likeness (QED) is 0.296. The number of anilines is 2. The van der Waals surface area contributed by atoms with Gasteiger partial charge in [0.05, 0.1) is 11.2 Å². The molecule has 4 aliphatic carbocycles. The fourth-order valence-corrected chi connectivity index (χ4v) is 7.55. The second-order valence-corrected chi connectivity index (χ2v) is 12.7. The highest BCUT2D eigenvalue weighted by molar-refractivity contribution is 7.99. The molecule has 35 heavy (non-hydrogen) atoms. The van der Waals surface area contributed by atoms with E-state index in [-0.39, 0.29) is 11.3 Å². The van der Waals surface area contributed by atoms with Gasteiger partial charge in [-0.05, 0) is 112 Å². The molecule has 1 aromatic heterocycles. The van der Waals surface area contributed by atoms with Gasteiger partial charge in [0, 0.05) is 30.1 Å². The molecule has 4 saturated carbocycles. The van der Waals surface area contributed by atoms with Crippen molar-refractivity contribution in [2.45, 2.75) is 70.0 Å². The lowest BCUT2D eigenvalue weighted by molar-refractivity contribution is -0.124. The van der Waals surface area contributed by atoms with Crippen LogP contribution >= 0.6 is 11.8 Å². The molecule has 5 nitrogen and oxygen atoms in total. The molecule has 189 valence electrons. The Kier molecular flexibility index (Phi) is 7.88. The normalized spacial score (nSPS) is 27.8. The lowest BCUT2D eigenvalue weighted by Crippen LogP contribution is -2.47. The molecule has 0 saturated heterocycles. The van der Waals surface area contributed by atoms with Gasteiger partial charge in [0.25, 0.3) is 0 Å². The van der Waals surface area contributed by atoms with Crippen molar-refractivity contribution < 1.29 is 4.79 Å². The minimum absolute atomic E-state index is 0.179. The van der Waals surface area contributed by atoms with Crippen LogP contribution in [0.2, 0.25) is 0 Å². The molecular weight excluding hydrogens is 452 g/mol. The predicted molar refractivity (Wildman–Crippen MR) is 149 cm³/mol. The van der Waals surface area contributed by atoms with Gasteiger partial charge in [0.15, 0.2) is 0 Å². The van der Waals surface area contributed by atoms with Gasteiger partial charge in [-0.2, -0.15) is 11.8 Å². The van der Waals surface area contributed by atoms with Crippen LogP contribution in [0.25, 0.3) is 10.9 Å². The standard InChI is InChI=1S/C29H41N4OS/c1-20(35-2)9-12-30-10-4-11-31-27-8-7-24-25(32-27)5-3-6-26(24)33-28(34)19-29-16-21-13-22(17-29)15-23(14-21)18-29/h3,5-8,12,20-23,30H,4,9-11,13-19H2,1-2H3,(H,31,32)(H,33,34). The van der Waals surface area contributed by atoms with Gasteiger partial charge in [-0.3, -0.25) is 4.79 Å². The van der Waals surface area contributed by atoms with E-state index in [1.54, 1.807) is 0 Å². The van der Waals surface area contributed by atoms with Gasteiger partial charge in [-0.25, -0.2) is 4.98 Å².